The Morgan fingerprint density at radius 1 is 1.29 bits per heavy atom. The van der Waals surface area contributed by atoms with E-state index in [2.05, 4.69) is 0 Å². The van der Waals surface area contributed by atoms with Gasteiger partial charge in [-0.2, -0.15) is 0 Å². The highest BCUT2D eigenvalue weighted by molar-refractivity contribution is 6.04. The SMILES string of the molecule is COc1cc2c(cc1C(=O)N(C)C)C(=O)CC2. The number of amides is 1. The normalized spacial score (nSPS) is 13.5. The topological polar surface area (TPSA) is 46.6 Å². The number of nitrogens with zero attached hydrogens (tertiary/aromatic N) is 1. The fraction of sp³-hybridized carbons (Fsp3) is 0.385. The van der Waals surface area contributed by atoms with Crippen LogP contribution in [0.2, 0.25) is 0 Å². The van der Waals surface area contributed by atoms with Crippen LogP contribution in [-0.2, 0) is 6.42 Å². The molecular formula is C13H15NO3. The lowest BCUT2D eigenvalue weighted by atomic mass is 10.0. The minimum absolute atomic E-state index is 0.107. The molecule has 1 aromatic carbocycles. The molecule has 0 aliphatic heterocycles. The number of carbonyl (C=O) groups is 2. The molecule has 0 saturated heterocycles. The zero-order valence-electron chi connectivity index (χ0n) is 10.2. The van der Waals surface area contributed by atoms with E-state index in [1.165, 1.54) is 12.0 Å². The van der Waals surface area contributed by atoms with Crippen LogP contribution in [0.1, 0.15) is 32.7 Å². The molecular weight excluding hydrogens is 218 g/mol. The third kappa shape index (κ3) is 1.90. The Morgan fingerprint density at radius 3 is 2.59 bits per heavy atom. The average Bonchev–Trinajstić information content (AvgIpc) is 2.68. The number of ketones is 1. The Bertz CT molecular complexity index is 492. The van der Waals surface area contributed by atoms with E-state index in [1.807, 2.05) is 0 Å². The first-order valence-corrected chi connectivity index (χ1v) is 5.50. The van der Waals surface area contributed by atoms with Gasteiger partial charge >= 0.3 is 0 Å². The van der Waals surface area contributed by atoms with E-state index in [-0.39, 0.29) is 11.7 Å². The molecule has 0 bridgehead atoms. The second-order valence-corrected chi connectivity index (χ2v) is 4.33. The second-order valence-electron chi connectivity index (χ2n) is 4.33. The summed E-state index contributed by atoms with van der Waals surface area (Å²) in [6, 6.07) is 3.46. The largest absolute Gasteiger partial charge is 0.496 e. The molecule has 1 aliphatic rings. The van der Waals surface area contributed by atoms with Crippen LogP contribution in [-0.4, -0.2) is 37.8 Å². The maximum absolute atomic E-state index is 12.0. The third-order valence-electron chi connectivity index (χ3n) is 2.98. The molecule has 0 atom stereocenters. The van der Waals surface area contributed by atoms with Crippen molar-refractivity contribution in [2.45, 2.75) is 12.8 Å². The van der Waals surface area contributed by atoms with E-state index >= 15 is 0 Å². The number of benzene rings is 1. The average molecular weight is 233 g/mol. The molecule has 1 aromatic rings. The second kappa shape index (κ2) is 4.20. The Hall–Kier alpha value is -1.84. The molecule has 4 heteroatoms. The van der Waals surface area contributed by atoms with Gasteiger partial charge in [-0.3, -0.25) is 9.59 Å². The van der Waals surface area contributed by atoms with E-state index in [4.69, 9.17) is 4.74 Å². The van der Waals surface area contributed by atoms with Gasteiger partial charge in [0.05, 0.1) is 12.7 Å². The van der Waals surface area contributed by atoms with Gasteiger partial charge in [0.1, 0.15) is 5.75 Å². The van der Waals surface area contributed by atoms with Crippen molar-refractivity contribution in [2.24, 2.45) is 0 Å². The zero-order valence-corrected chi connectivity index (χ0v) is 10.2. The number of Topliss-reactive ketones (excluding diaryl/α,β-unsaturated/α-hetero) is 1. The molecule has 0 saturated carbocycles. The number of fused-ring (bicyclic) bond motifs is 1. The Balaban J connectivity index is 2.55. The van der Waals surface area contributed by atoms with Gasteiger partial charge in [0.15, 0.2) is 5.78 Å². The monoisotopic (exact) mass is 233 g/mol. The van der Waals surface area contributed by atoms with Crippen molar-refractivity contribution in [3.05, 3.63) is 28.8 Å². The van der Waals surface area contributed by atoms with Crippen molar-refractivity contribution >= 4 is 11.7 Å². The van der Waals surface area contributed by atoms with E-state index < -0.39 is 0 Å². The molecule has 0 unspecified atom stereocenters. The standard InChI is InChI=1S/C13H15NO3/c1-14(2)13(16)10-7-9-8(4-5-11(9)15)6-12(10)17-3/h6-7H,4-5H2,1-3H3. The predicted octanol–water partition coefficient (Wildman–Crippen LogP) is 1.53. The van der Waals surface area contributed by atoms with Crippen LogP contribution in [0.4, 0.5) is 0 Å². The molecule has 4 nitrogen and oxygen atoms in total. The highest BCUT2D eigenvalue weighted by Crippen LogP contribution is 2.30. The summed E-state index contributed by atoms with van der Waals surface area (Å²) in [4.78, 5) is 25.1. The Morgan fingerprint density at radius 2 is 2.00 bits per heavy atom. The van der Waals surface area contributed by atoms with Crippen molar-refractivity contribution in [1.29, 1.82) is 0 Å². The number of hydrogen-bond donors (Lipinski definition) is 0. The van der Waals surface area contributed by atoms with Crippen LogP contribution in [0, 0.1) is 0 Å². The fourth-order valence-corrected chi connectivity index (χ4v) is 2.05. The molecule has 0 radical (unpaired) electrons. The molecule has 17 heavy (non-hydrogen) atoms. The fourth-order valence-electron chi connectivity index (χ4n) is 2.05. The van der Waals surface area contributed by atoms with Gasteiger partial charge in [0.2, 0.25) is 0 Å². The van der Waals surface area contributed by atoms with Gasteiger partial charge < -0.3 is 9.64 Å². The molecule has 1 amide bonds. The smallest absolute Gasteiger partial charge is 0.257 e. The third-order valence-corrected chi connectivity index (χ3v) is 2.98. The first-order valence-electron chi connectivity index (χ1n) is 5.50. The van der Waals surface area contributed by atoms with Gasteiger partial charge in [-0.25, -0.2) is 0 Å². The molecule has 0 fully saturated rings. The summed E-state index contributed by atoms with van der Waals surface area (Å²) in [5.74, 6) is 0.497. The molecule has 0 N–H and O–H groups in total. The number of carbonyl (C=O) groups excluding carboxylic acids is 2. The number of aryl methyl sites for hydroxylation is 1. The lowest BCUT2D eigenvalue weighted by molar-refractivity contribution is 0.0824. The molecule has 0 spiro atoms. The van der Waals surface area contributed by atoms with Crippen LogP contribution < -0.4 is 4.74 Å². The minimum atomic E-state index is -0.149. The first-order chi connectivity index (χ1) is 8.04. The summed E-state index contributed by atoms with van der Waals surface area (Å²) in [7, 11) is 4.89. The van der Waals surface area contributed by atoms with Crippen LogP contribution in [0.5, 0.6) is 5.75 Å². The maximum Gasteiger partial charge on any atom is 0.257 e. The van der Waals surface area contributed by atoms with Crippen molar-refractivity contribution in [2.75, 3.05) is 21.2 Å². The number of methoxy groups -OCH3 is 1. The summed E-state index contributed by atoms with van der Waals surface area (Å²) in [5.41, 5.74) is 2.09. The minimum Gasteiger partial charge on any atom is -0.496 e. The maximum atomic E-state index is 12.0. The van der Waals surface area contributed by atoms with E-state index in [0.717, 1.165) is 12.0 Å². The van der Waals surface area contributed by atoms with Crippen LogP contribution in [0.15, 0.2) is 12.1 Å². The summed E-state index contributed by atoms with van der Waals surface area (Å²) in [5, 5.41) is 0. The lowest BCUT2D eigenvalue weighted by Gasteiger charge is -2.14. The predicted molar refractivity (Wildman–Crippen MR) is 63.7 cm³/mol. The number of ether oxygens (including phenoxy) is 1. The summed E-state index contributed by atoms with van der Waals surface area (Å²) in [6.45, 7) is 0. The number of rotatable bonds is 2. The molecule has 2 rings (SSSR count). The molecule has 90 valence electrons. The Labute approximate surface area is 100 Å². The highest BCUT2D eigenvalue weighted by atomic mass is 16.5. The summed E-state index contributed by atoms with van der Waals surface area (Å²) >= 11 is 0. The summed E-state index contributed by atoms with van der Waals surface area (Å²) in [6.07, 6.45) is 1.26. The number of hydrogen-bond acceptors (Lipinski definition) is 3. The first kappa shape index (κ1) is 11.6. The van der Waals surface area contributed by atoms with Crippen LogP contribution >= 0.6 is 0 Å². The highest BCUT2D eigenvalue weighted by Gasteiger charge is 2.24. The van der Waals surface area contributed by atoms with Crippen LogP contribution in [0.25, 0.3) is 0 Å². The van der Waals surface area contributed by atoms with Crippen molar-refractivity contribution in [3.8, 4) is 5.75 Å². The Kier molecular flexibility index (Phi) is 2.88. The van der Waals surface area contributed by atoms with Gasteiger partial charge in [0, 0.05) is 26.1 Å². The lowest BCUT2D eigenvalue weighted by Crippen LogP contribution is -2.22. The van der Waals surface area contributed by atoms with Gasteiger partial charge in [-0.15, -0.1) is 0 Å². The van der Waals surface area contributed by atoms with Crippen molar-refractivity contribution < 1.29 is 14.3 Å². The molecule has 1 aliphatic carbocycles. The van der Waals surface area contributed by atoms with Gasteiger partial charge in [-0.1, -0.05) is 0 Å². The summed E-state index contributed by atoms with van der Waals surface area (Å²) < 4.78 is 5.22. The van der Waals surface area contributed by atoms with E-state index in [0.29, 0.717) is 23.3 Å². The van der Waals surface area contributed by atoms with E-state index in [1.54, 1.807) is 26.2 Å². The van der Waals surface area contributed by atoms with Crippen molar-refractivity contribution in [1.82, 2.24) is 4.90 Å². The molecule has 0 aromatic heterocycles. The van der Waals surface area contributed by atoms with Crippen molar-refractivity contribution in [3.63, 3.8) is 0 Å². The van der Waals surface area contributed by atoms with Gasteiger partial charge in [-0.05, 0) is 24.1 Å². The zero-order chi connectivity index (χ0) is 12.6. The quantitative estimate of drug-likeness (QED) is 0.778. The van der Waals surface area contributed by atoms with Crippen LogP contribution in [0.3, 0.4) is 0 Å². The van der Waals surface area contributed by atoms with Gasteiger partial charge in [0.25, 0.3) is 5.91 Å². The van der Waals surface area contributed by atoms with E-state index in [9.17, 15) is 9.59 Å². The molecule has 0 heterocycles.